The lowest BCUT2D eigenvalue weighted by molar-refractivity contribution is -0.150. The second kappa shape index (κ2) is 10.7. The van der Waals surface area contributed by atoms with Gasteiger partial charge in [-0.05, 0) is 6.92 Å². The summed E-state index contributed by atoms with van der Waals surface area (Å²) >= 11 is 2.22. The van der Waals surface area contributed by atoms with E-state index in [9.17, 15) is 29.1 Å². The van der Waals surface area contributed by atoms with Crippen molar-refractivity contribution in [3.05, 3.63) is 22.3 Å². The Bertz CT molecular complexity index is 1130. The number of nitrogens with one attached hydrogen (secondary N) is 1. The first-order valence-electron chi connectivity index (χ1n) is 10.0. The SMILES string of the molecule is CC(=O)OCC1=C(C(=O)O)N2C(=O)C(NC(=O)/C(=N\OC(C)CC(=O)O)c3csc(N)n3)[C@@H]2SC1. The molecule has 0 bridgehead atoms. The number of nitrogen functional groups attached to an aromatic ring is 1. The van der Waals surface area contributed by atoms with Gasteiger partial charge in [0.05, 0.1) is 6.42 Å². The number of anilines is 1. The molecule has 2 aliphatic heterocycles. The molecule has 0 aliphatic carbocycles. The minimum Gasteiger partial charge on any atom is -0.481 e. The van der Waals surface area contributed by atoms with Gasteiger partial charge in [0, 0.05) is 23.6 Å². The molecule has 0 aromatic carbocycles. The Kier molecular flexibility index (Phi) is 7.96. The molecule has 1 saturated heterocycles. The Morgan fingerprint density at radius 2 is 2.09 bits per heavy atom. The number of thioether (sulfide) groups is 1. The molecule has 14 nitrogen and oxygen atoms in total. The molecule has 5 N–H and O–H groups in total. The van der Waals surface area contributed by atoms with E-state index in [-0.39, 0.29) is 46.6 Å². The lowest BCUT2D eigenvalue weighted by atomic mass is 10.0. The van der Waals surface area contributed by atoms with Crippen molar-refractivity contribution in [2.75, 3.05) is 18.1 Å². The van der Waals surface area contributed by atoms with Crippen molar-refractivity contribution in [1.29, 1.82) is 0 Å². The first-order valence-corrected chi connectivity index (χ1v) is 11.9. The molecule has 0 spiro atoms. The average Bonchev–Trinajstić information content (AvgIpc) is 3.20. The number of β-lactam (4-membered cyclic amide) rings is 1. The van der Waals surface area contributed by atoms with Crippen LogP contribution in [0.15, 0.2) is 21.8 Å². The molecule has 1 fully saturated rings. The van der Waals surface area contributed by atoms with Crippen LogP contribution in [0.2, 0.25) is 0 Å². The predicted molar refractivity (Wildman–Crippen MR) is 122 cm³/mol. The van der Waals surface area contributed by atoms with E-state index in [2.05, 4.69) is 15.5 Å². The Morgan fingerprint density at radius 3 is 2.66 bits per heavy atom. The van der Waals surface area contributed by atoms with Crippen LogP contribution in [-0.4, -0.2) is 85.4 Å². The number of carboxylic acid groups (broad SMARTS) is 2. The zero-order valence-corrected chi connectivity index (χ0v) is 20.1. The summed E-state index contributed by atoms with van der Waals surface area (Å²) in [6, 6.07) is -1.07. The molecule has 0 saturated carbocycles. The lowest BCUT2D eigenvalue weighted by Crippen LogP contribution is -2.71. The van der Waals surface area contributed by atoms with E-state index in [1.807, 2.05) is 0 Å². The number of oxime groups is 1. The molecular weight excluding hydrogens is 506 g/mol. The number of carbonyl (C=O) groups is 5. The summed E-state index contributed by atoms with van der Waals surface area (Å²) < 4.78 is 4.88. The van der Waals surface area contributed by atoms with E-state index in [1.54, 1.807) is 0 Å². The number of hydrogen-bond acceptors (Lipinski definition) is 12. The molecule has 3 heterocycles. The van der Waals surface area contributed by atoms with Gasteiger partial charge in [-0.3, -0.25) is 24.1 Å². The number of amides is 2. The van der Waals surface area contributed by atoms with E-state index in [0.717, 1.165) is 16.2 Å². The molecule has 1 aromatic heterocycles. The van der Waals surface area contributed by atoms with Gasteiger partial charge >= 0.3 is 17.9 Å². The molecule has 35 heavy (non-hydrogen) atoms. The van der Waals surface area contributed by atoms with Crippen LogP contribution in [0.1, 0.15) is 26.0 Å². The summed E-state index contributed by atoms with van der Waals surface area (Å²) in [4.78, 5) is 69.7. The van der Waals surface area contributed by atoms with Gasteiger partial charge in [0.25, 0.3) is 11.8 Å². The number of rotatable bonds is 10. The molecule has 16 heteroatoms. The molecule has 2 unspecified atom stereocenters. The molecule has 188 valence electrons. The zero-order valence-electron chi connectivity index (χ0n) is 18.4. The van der Waals surface area contributed by atoms with Crippen LogP contribution < -0.4 is 11.1 Å². The first-order chi connectivity index (χ1) is 16.5. The van der Waals surface area contributed by atoms with Crippen LogP contribution in [0, 0.1) is 0 Å². The Hall–Kier alpha value is -3.66. The van der Waals surface area contributed by atoms with Crippen molar-refractivity contribution < 1.29 is 43.8 Å². The van der Waals surface area contributed by atoms with Gasteiger partial charge in [0.2, 0.25) is 0 Å². The van der Waals surface area contributed by atoms with Gasteiger partial charge < -0.3 is 30.8 Å². The Balaban J connectivity index is 1.78. The number of hydrogen-bond donors (Lipinski definition) is 4. The van der Waals surface area contributed by atoms with Crippen molar-refractivity contribution in [2.24, 2.45) is 5.16 Å². The van der Waals surface area contributed by atoms with Gasteiger partial charge in [-0.15, -0.1) is 23.1 Å². The quantitative estimate of drug-likeness (QED) is 0.133. The first kappa shape index (κ1) is 26.0. The standard InChI is InChI=1S/C19H21N5O9S2/c1-7(3-11(26)27)33-23-12(10-6-35-19(20)21-10)15(28)22-13-16(29)24-14(18(30)31)9(4-32-8(2)25)5-34-17(13)24/h6-7,13,17H,3-5H2,1-2H3,(H2,20,21)(H,22,28)(H,26,27)(H,30,31)/b23-12-/t7?,13?,17-/m0/s1. The normalized spacial score (nSPS) is 20.5. The van der Waals surface area contributed by atoms with E-state index >= 15 is 0 Å². The molecule has 3 rings (SSSR count). The van der Waals surface area contributed by atoms with Gasteiger partial charge in [-0.25, -0.2) is 9.78 Å². The van der Waals surface area contributed by atoms with Crippen molar-refractivity contribution in [3.8, 4) is 0 Å². The molecule has 2 amide bonds. The molecule has 2 aliphatic rings. The molecule has 0 radical (unpaired) electrons. The van der Waals surface area contributed by atoms with E-state index in [4.69, 9.17) is 20.4 Å². The average molecular weight is 528 g/mol. The fraction of sp³-hybridized carbons (Fsp3) is 0.421. The Morgan fingerprint density at radius 1 is 1.37 bits per heavy atom. The summed E-state index contributed by atoms with van der Waals surface area (Å²) in [7, 11) is 0. The molecular formula is C19H21N5O9S2. The second-order valence-electron chi connectivity index (χ2n) is 7.42. The van der Waals surface area contributed by atoms with Crippen LogP contribution in [-0.2, 0) is 33.5 Å². The van der Waals surface area contributed by atoms with Crippen molar-refractivity contribution in [3.63, 3.8) is 0 Å². The highest BCUT2D eigenvalue weighted by atomic mass is 32.2. The van der Waals surface area contributed by atoms with Crippen LogP contribution in [0.5, 0.6) is 0 Å². The number of carbonyl (C=O) groups excluding carboxylic acids is 3. The number of aromatic nitrogens is 1. The molecule has 1 aromatic rings. The summed E-state index contributed by atoms with van der Waals surface area (Å²) in [5, 5.41) is 25.6. The second-order valence-corrected chi connectivity index (χ2v) is 9.42. The highest BCUT2D eigenvalue weighted by Crippen LogP contribution is 2.40. The van der Waals surface area contributed by atoms with Crippen molar-refractivity contribution in [1.82, 2.24) is 15.2 Å². The number of nitrogens with two attached hydrogens (primary N) is 1. The number of aliphatic carboxylic acids is 2. The lowest BCUT2D eigenvalue weighted by Gasteiger charge is -2.49. The van der Waals surface area contributed by atoms with Gasteiger partial charge in [0.1, 0.15) is 35.5 Å². The third-order valence-electron chi connectivity index (χ3n) is 4.75. The number of esters is 1. The largest absolute Gasteiger partial charge is 0.481 e. The minimum absolute atomic E-state index is 0.0576. The van der Waals surface area contributed by atoms with E-state index in [1.165, 1.54) is 31.0 Å². The topological polar surface area (TPSA) is 211 Å². The van der Waals surface area contributed by atoms with Crippen LogP contribution >= 0.6 is 23.1 Å². The molecule has 3 atom stereocenters. The maximum Gasteiger partial charge on any atom is 0.352 e. The number of fused-ring (bicyclic) bond motifs is 1. The monoisotopic (exact) mass is 527 g/mol. The smallest absolute Gasteiger partial charge is 0.352 e. The minimum atomic E-state index is -1.36. The third-order valence-corrected chi connectivity index (χ3v) is 6.77. The number of thiazole rings is 1. The zero-order chi connectivity index (χ0) is 25.9. The maximum absolute atomic E-state index is 13.0. The van der Waals surface area contributed by atoms with E-state index in [0.29, 0.717) is 0 Å². The summed E-state index contributed by atoms with van der Waals surface area (Å²) in [5.74, 6) is -4.44. The van der Waals surface area contributed by atoms with Gasteiger partial charge in [0.15, 0.2) is 10.8 Å². The fourth-order valence-corrected chi connectivity index (χ4v) is 5.09. The van der Waals surface area contributed by atoms with Crippen LogP contribution in [0.25, 0.3) is 0 Å². The van der Waals surface area contributed by atoms with Crippen LogP contribution in [0.4, 0.5) is 5.13 Å². The number of nitrogens with zero attached hydrogens (tertiary/aromatic N) is 3. The third kappa shape index (κ3) is 5.89. The highest BCUT2D eigenvalue weighted by molar-refractivity contribution is 8.00. The van der Waals surface area contributed by atoms with Crippen molar-refractivity contribution in [2.45, 2.75) is 37.8 Å². The summed E-state index contributed by atoms with van der Waals surface area (Å²) in [5.41, 5.74) is 5.33. The van der Waals surface area contributed by atoms with Crippen LogP contribution in [0.3, 0.4) is 0 Å². The summed E-state index contributed by atoms with van der Waals surface area (Å²) in [6.07, 6.45) is -1.23. The maximum atomic E-state index is 13.0. The van der Waals surface area contributed by atoms with Crippen molar-refractivity contribution >= 4 is 63.7 Å². The fourth-order valence-electron chi connectivity index (χ4n) is 3.22. The number of ether oxygens (including phenoxy) is 1. The summed E-state index contributed by atoms with van der Waals surface area (Å²) in [6.45, 7) is 2.36. The van der Waals surface area contributed by atoms with Gasteiger partial charge in [-0.1, -0.05) is 5.16 Å². The van der Waals surface area contributed by atoms with E-state index < -0.39 is 47.2 Å². The number of carboxylic acids is 2. The Labute approximate surface area is 206 Å². The predicted octanol–water partition coefficient (Wildman–Crippen LogP) is -0.389. The van der Waals surface area contributed by atoms with Gasteiger partial charge in [-0.2, -0.15) is 0 Å². The highest BCUT2D eigenvalue weighted by Gasteiger charge is 2.54.